The molecule has 0 radical (unpaired) electrons. The SMILES string of the molecule is CSCC(C)NC1CC(C)N(C2CC2)C1. The maximum absolute atomic E-state index is 3.76. The minimum absolute atomic E-state index is 0.663. The summed E-state index contributed by atoms with van der Waals surface area (Å²) in [5.41, 5.74) is 0. The molecule has 0 aromatic carbocycles. The molecule has 3 heteroatoms. The standard InChI is InChI=1S/C12H24N2S/c1-9(8-15-3)13-11-6-10(2)14(7-11)12-4-5-12/h9-13H,4-8H2,1-3H3. The molecule has 0 aromatic rings. The van der Waals surface area contributed by atoms with Crippen LogP contribution in [0.5, 0.6) is 0 Å². The molecule has 1 N–H and O–H groups in total. The predicted octanol–water partition coefficient (Wildman–Crippen LogP) is 1.95. The van der Waals surface area contributed by atoms with Gasteiger partial charge in [-0.05, 0) is 39.4 Å². The Morgan fingerprint density at radius 3 is 2.80 bits per heavy atom. The van der Waals surface area contributed by atoms with E-state index in [9.17, 15) is 0 Å². The Morgan fingerprint density at radius 2 is 2.20 bits per heavy atom. The Bertz CT molecular complexity index is 206. The number of hydrogen-bond donors (Lipinski definition) is 1. The largest absolute Gasteiger partial charge is 0.309 e. The summed E-state index contributed by atoms with van der Waals surface area (Å²) < 4.78 is 0. The van der Waals surface area contributed by atoms with Gasteiger partial charge in [-0.1, -0.05) is 0 Å². The van der Waals surface area contributed by atoms with Crippen molar-refractivity contribution in [2.45, 2.75) is 57.3 Å². The molecule has 3 atom stereocenters. The van der Waals surface area contributed by atoms with Gasteiger partial charge in [0.25, 0.3) is 0 Å². The van der Waals surface area contributed by atoms with E-state index in [0.717, 1.165) is 18.1 Å². The third-order valence-corrected chi connectivity index (χ3v) is 4.41. The fraction of sp³-hybridized carbons (Fsp3) is 1.00. The number of nitrogens with zero attached hydrogens (tertiary/aromatic N) is 1. The molecule has 2 fully saturated rings. The van der Waals surface area contributed by atoms with Crippen molar-refractivity contribution in [3.63, 3.8) is 0 Å². The quantitative estimate of drug-likeness (QED) is 0.774. The average molecular weight is 228 g/mol. The van der Waals surface area contributed by atoms with E-state index in [1.54, 1.807) is 0 Å². The fourth-order valence-corrected chi connectivity index (χ4v) is 3.39. The monoisotopic (exact) mass is 228 g/mol. The molecule has 15 heavy (non-hydrogen) atoms. The van der Waals surface area contributed by atoms with Crippen molar-refractivity contribution in [3.8, 4) is 0 Å². The Hall–Kier alpha value is 0.270. The minimum atomic E-state index is 0.663. The molecule has 3 unspecified atom stereocenters. The van der Waals surface area contributed by atoms with E-state index in [2.05, 4.69) is 30.3 Å². The van der Waals surface area contributed by atoms with Crippen LogP contribution in [-0.4, -0.2) is 47.6 Å². The lowest BCUT2D eigenvalue weighted by molar-refractivity contribution is 0.254. The summed E-state index contributed by atoms with van der Waals surface area (Å²) in [4.78, 5) is 2.71. The summed E-state index contributed by atoms with van der Waals surface area (Å²) in [5, 5.41) is 3.76. The van der Waals surface area contributed by atoms with E-state index in [1.165, 1.54) is 31.6 Å². The molecular weight excluding hydrogens is 204 g/mol. The molecule has 1 saturated carbocycles. The maximum Gasteiger partial charge on any atom is 0.0212 e. The molecular formula is C12H24N2S. The second-order valence-corrected chi connectivity index (χ2v) is 6.14. The number of likely N-dealkylation sites (tertiary alicyclic amines) is 1. The first-order chi connectivity index (χ1) is 7.20. The molecule has 2 nitrogen and oxygen atoms in total. The molecule has 0 aromatic heterocycles. The molecule has 2 aliphatic rings. The number of rotatable bonds is 5. The molecule has 1 saturated heterocycles. The van der Waals surface area contributed by atoms with Crippen LogP contribution >= 0.6 is 11.8 Å². The van der Waals surface area contributed by atoms with Crippen molar-refractivity contribution in [1.29, 1.82) is 0 Å². The van der Waals surface area contributed by atoms with Crippen LogP contribution in [-0.2, 0) is 0 Å². The zero-order chi connectivity index (χ0) is 10.8. The molecule has 0 amide bonds. The number of thioether (sulfide) groups is 1. The smallest absolute Gasteiger partial charge is 0.0212 e. The molecule has 1 aliphatic carbocycles. The lowest BCUT2D eigenvalue weighted by atomic mass is 10.2. The van der Waals surface area contributed by atoms with Crippen LogP contribution < -0.4 is 5.32 Å². The molecule has 1 aliphatic heterocycles. The highest BCUT2D eigenvalue weighted by molar-refractivity contribution is 7.98. The van der Waals surface area contributed by atoms with Gasteiger partial charge in [-0.3, -0.25) is 4.90 Å². The van der Waals surface area contributed by atoms with E-state index in [4.69, 9.17) is 0 Å². The van der Waals surface area contributed by atoms with Crippen LogP contribution in [0.4, 0.5) is 0 Å². The van der Waals surface area contributed by atoms with Crippen molar-refractivity contribution < 1.29 is 0 Å². The van der Waals surface area contributed by atoms with Gasteiger partial charge >= 0.3 is 0 Å². The van der Waals surface area contributed by atoms with E-state index >= 15 is 0 Å². The van der Waals surface area contributed by atoms with Crippen LogP contribution in [0.15, 0.2) is 0 Å². The minimum Gasteiger partial charge on any atom is -0.309 e. The van der Waals surface area contributed by atoms with E-state index < -0.39 is 0 Å². The van der Waals surface area contributed by atoms with E-state index in [-0.39, 0.29) is 0 Å². The molecule has 1 heterocycles. The zero-order valence-electron chi connectivity index (χ0n) is 10.2. The lowest BCUT2D eigenvalue weighted by Crippen LogP contribution is -2.40. The van der Waals surface area contributed by atoms with Crippen LogP contribution in [0.25, 0.3) is 0 Å². The second kappa shape index (κ2) is 5.07. The van der Waals surface area contributed by atoms with Crippen molar-refractivity contribution in [2.75, 3.05) is 18.6 Å². The first kappa shape index (κ1) is 11.7. The number of hydrogen-bond acceptors (Lipinski definition) is 3. The van der Waals surface area contributed by atoms with E-state index in [1.807, 2.05) is 11.8 Å². The van der Waals surface area contributed by atoms with Crippen molar-refractivity contribution in [2.24, 2.45) is 0 Å². The Morgan fingerprint density at radius 1 is 1.47 bits per heavy atom. The van der Waals surface area contributed by atoms with Gasteiger partial charge in [0.2, 0.25) is 0 Å². The van der Waals surface area contributed by atoms with Crippen LogP contribution in [0.2, 0.25) is 0 Å². The summed E-state index contributed by atoms with van der Waals surface area (Å²) in [6, 6.07) is 3.14. The van der Waals surface area contributed by atoms with Gasteiger partial charge in [0.15, 0.2) is 0 Å². The molecule has 88 valence electrons. The van der Waals surface area contributed by atoms with Gasteiger partial charge in [-0.2, -0.15) is 11.8 Å². The molecule has 0 bridgehead atoms. The van der Waals surface area contributed by atoms with Crippen molar-refractivity contribution in [1.82, 2.24) is 10.2 Å². The van der Waals surface area contributed by atoms with Gasteiger partial charge in [-0.25, -0.2) is 0 Å². The normalized spacial score (nSPS) is 34.6. The third-order valence-electron chi connectivity index (χ3n) is 3.58. The maximum atomic E-state index is 3.76. The van der Waals surface area contributed by atoms with E-state index in [0.29, 0.717) is 6.04 Å². The molecule has 0 spiro atoms. The van der Waals surface area contributed by atoms with Crippen LogP contribution in [0.3, 0.4) is 0 Å². The van der Waals surface area contributed by atoms with Crippen LogP contribution in [0, 0.1) is 0 Å². The summed E-state index contributed by atoms with van der Waals surface area (Å²) in [5.74, 6) is 1.23. The summed E-state index contributed by atoms with van der Waals surface area (Å²) in [6.07, 6.45) is 6.41. The van der Waals surface area contributed by atoms with Crippen molar-refractivity contribution >= 4 is 11.8 Å². The number of nitrogens with one attached hydrogen (secondary N) is 1. The first-order valence-corrected chi connectivity index (χ1v) is 7.60. The zero-order valence-corrected chi connectivity index (χ0v) is 11.0. The highest BCUT2D eigenvalue weighted by Gasteiger charge is 2.38. The third kappa shape index (κ3) is 3.11. The second-order valence-electron chi connectivity index (χ2n) is 5.23. The van der Waals surface area contributed by atoms with Gasteiger partial charge in [0.1, 0.15) is 0 Å². The molecule has 2 rings (SSSR count). The summed E-state index contributed by atoms with van der Waals surface area (Å²) >= 11 is 1.94. The predicted molar refractivity (Wildman–Crippen MR) is 68.6 cm³/mol. The Labute approximate surface area is 98.2 Å². The highest BCUT2D eigenvalue weighted by atomic mass is 32.2. The summed E-state index contributed by atoms with van der Waals surface area (Å²) in [6.45, 7) is 5.98. The first-order valence-electron chi connectivity index (χ1n) is 6.21. The summed E-state index contributed by atoms with van der Waals surface area (Å²) in [7, 11) is 0. The van der Waals surface area contributed by atoms with Crippen molar-refractivity contribution in [3.05, 3.63) is 0 Å². The highest BCUT2D eigenvalue weighted by Crippen LogP contribution is 2.33. The van der Waals surface area contributed by atoms with Gasteiger partial charge in [-0.15, -0.1) is 0 Å². The Kier molecular flexibility index (Phi) is 3.97. The fourth-order valence-electron chi connectivity index (χ4n) is 2.79. The van der Waals surface area contributed by atoms with Crippen LogP contribution in [0.1, 0.15) is 33.1 Å². The van der Waals surface area contributed by atoms with Gasteiger partial charge in [0.05, 0.1) is 0 Å². The van der Waals surface area contributed by atoms with Gasteiger partial charge < -0.3 is 5.32 Å². The topological polar surface area (TPSA) is 15.3 Å². The average Bonchev–Trinajstić information content (AvgIpc) is 2.93. The lowest BCUT2D eigenvalue weighted by Gasteiger charge is -2.21. The Balaban J connectivity index is 1.75. The van der Waals surface area contributed by atoms with Gasteiger partial charge in [0, 0.05) is 36.5 Å².